The molecule has 0 bridgehead atoms. The highest BCUT2D eigenvalue weighted by Gasteiger charge is 2.24. The van der Waals surface area contributed by atoms with Crippen LogP contribution in [0.4, 0.5) is 5.69 Å². The van der Waals surface area contributed by atoms with Crippen LogP contribution in [0.3, 0.4) is 0 Å². The average molecular weight is 318 g/mol. The molecule has 0 saturated carbocycles. The largest absolute Gasteiger partial charge is 0.324 e. The zero-order valence-electron chi connectivity index (χ0n) is 11.0. The van der Waals surface area contributed by atoms with Crippen molar-refractivity contribution in [2.24, 2.45) is 0 Å². The molecule has 98 valence electrons. The first-order chi connectivity index (χ1) is 8.98. The molecule has 0 heterocycles. The van der Waals surface area contributed by atoms with E-state index in [2.05, 4.69) is 21.2 Å². The molecule has 0 saturated heterocycles. The third-order valence-electron chi connectivity index (χ3n) is 2.80. The van der Waals surface area contributed by atoms with Gasteiger partial charge in [-0.1, -0.05) is 64.5 Å². The third-order valence-corrected chi connectivity index (χ3v) is 3.16. The molecule has 0 aliphatic rings. The van der Waals surface area contributed by atoms with Gasteiger partial charge in [0.25, 0.3) is 0 Å². The Morgan fingerprint density at radius 1 is 1.00 bits per heavy atom. The van der Waals surface area contributed by atoms with Crippen molar-refractivity contribution >= 4 is 27.5 Å². The molecule has 0 radical (unpaired) electrons. The first-order valence-corrected chi connectivity index (χ1v) is 6.92. The fraction of sp³-hybridized carbons (Fsp3) is 0.188. The molecule has 2 nitrogen and oxygen atoms in total. The van der Waals surface area contributed by atoms with Crippen molar-refractivity contribution in [3.05, 3.63) is 54.6 Å². The number of halogens is 1. The number of carbonyl (C=O) groups is 1. The number of benzene rings is 2. The summed E-state index contributed by atoms with van der Waals surface area (Å²) >= 11 is 3.37. The molecule has 1 N–H and O–H groups in total. The summed E-state index contributed by atoms with van der Waals surface area (Å²) in [6.45, 7) is 3.65. The van der Waals surface area contributed by atoms with E-state index < -0.39 is 4.32 Å². The summed E-state index contributed by atoms with van der Waals surface area (Å²) in [5, 5.41) is 2.96. The van der Waals surface area contributed by atoms with Gasteiger partial charge in [-0.15, -0.1) is 0 Å². The predicted molar refractivity (Wildman–Crippen MR) is 83.5 cm³/mol. The van der Waals surface area contributed by atoms with E-state index in [0.29, 0.717) is 0 Å². The lowest BCUT2D eigenvalue weighted by molar-refractivity contribution is -0.117. The second-order valence-corrected chi connectivity index (χ2v) is 6.82. The highest BCUT2D eigenvalue weighted by Crippen LogP contribution is 2.29. The van der Waals surface area contributed by atoms with Crippen molar-refractivity contribution in [1.82, 2.24) is 0 Å². The Bertz CT molecular complexity index is 573. The van der Waals surface area contributed by atoms with E-state index in [1.54, 1.807) is 0 Å². The third kappa shape index (κ3) is 3.44. The summed E-state index contributed by atoms with van der Waals surface area (Å²) in [6.07, 6.45) is 0. The minimum absolute atomic E-state index is 0.0594. The molecule has 0 fully saturated rings. The highest BCUT2D eigenvalue weighted by molar-refractivity contribution is 9.10. The number of hydrogen-bond donors (Lipinski definition) is 1. The van der Waals surface area contributed by atoms with Gasteiger partial charge in [0.05, 0.1) is 4.32 Å². The predicted octanol–water partition coefficient (Wildman–Crippen LogP) is 4.47. The first-order valence-electron chi connectivity index (χ1n) is 6.13. The van der Waals surface area contributed by atoms with Crippen LogP contribution >= 0.6 is 15.9 Å². The Morgan fingerprint density at radius 3 is 2.21 bits per heavy atom. The highest BCUT2D eigenvalue weighted by atomic mass is 79.9. The van der Waals surface area contributed by atoms with Crippen LogP contribution in [-0.4, -0.2) is 10.2 Å². The van der Waals surface area contributed by atoms with Crippen LogP contribution < -0.4 is 5.32 Å². The van der Waals surface area contributed by atoms with E-state index in [0.717, 1.165) is 16.8 Å². The smallest absolute Gasteiger partial charge is 0.240 e. The molecule has 2 aromatic carbocycles. The maximum Gasteiger partial charge on any atom is 0.240 e. The Kier molecular flexibility index (Phi) is 4.05. The number of amides is 1. The fourth-order valence-corrected chi connectivity index (χ4v) is 1.83. The van der Waals surface area contributed by atoms with E-state index in [1.165, 1.54) is 0 Å². The number of rotatable bonds is 3. The molecular weight excluding hydrogens is 302 g/mol. The second-order valence-electron chi connectivity index (χ2n) is 4.84. The lowest BCUT2D eigenvalue weighted by Crippen LogP contribution is -2.31. The van der Waals surface area contributed by atoms with Crippen molar-refractivity contribution < 1.29 is 4.79 Å². The molecule has 0 aliphatic heterocycles. The summed E-state index contributed by atoms with van der Waals surface area (Å²) in [6, 6.07) is 17.8. The number of alkyl halides is 1. The molecular formula is C16H16BrNO. The molecule has 1 amide bonds. The Morgan fingerprint density at radius 2 is 1.58 bits per heavy atom. The minimum atomic E-state index is -0.587. The number of hydrogen-bond acceptors (Lipinski definition) is 1. The van der Waals surface area contributed by atoms with Gasteiger partial charge < -0.3 is 5.32 Å². The molecule has 0 aromatic heterocycles. The maximum atomic E-state index is 12.1. The lowest BCUT2D eigenvalue weighted by Gasteiger charge is -2.18. The van der Waals surface area contributed by atoms with Gasteiger partial charge in [0, 0.05) is 11.3 Å². The van der Waals surface area contributed by atoms with Crippen LogP contribution in [0.5, 0.6) is 0 Å². The van der Waals surface area contributed by atoms with E-state index in [9.17, 15) is 4.79 Å². The molecule has 0 spiro atoms. The maximum absolute atomic E-state index is 12.1. The zero-order chi connectivity index (χ0) is 13.9. The molecule has 3 heteroatoms. The summed E-state index contributed by atoms with van der Waals surface area (Å²) in [5.74, 6) is -0.0594. The van der Waals surface area contributed by atoms with Gasteiger partial charge in [0.2, 0.25) is 5.91 Å². The molecule has 2 rings (SSSR count). The monoisotopic (exact) mass is 317 g/mol. The van der Waals surface area contributed by atoms with E-state index in [1.807, 2.05) is 68.4 Å². The molecule has 0 unspecified atom stereocenters. The van der Waals surface area contributed by atoms with Crippen molar-refractivity contribution in [2.45, 2.75) is 18.2 Å². The Balaban J connectivity index is 2.35. The van der Waals surface area contributed by atoms with E-state index in [4.69, 9.17) is 0 Å². The number of para-hydroxylation sites is 1. The van der Waals surface area contributed by atoms with Crippen LogP contribution in [0.25, 0.3) is 11.1 Å². The number of carbonyl (C=O) groups excluding carboxylic acids is 1. The van der Waals surface area contributed by atoms with Crippen LogP contribution in [0, 0.1) is 0 Å². The average Bonchev–Trinajstić information content (AvgIpc) is 2.39. The van der Waals surface area contributed by atoms with Crippen molar-refractivity contribution in [1.29, 1.82) is 0 Å². The van der Waals surface area contributed by atoms with Gasteiger partial charge in [-0.25, -0.2) is 0 Å². The van der Waals surface area contributed by atoms with Crippen LogP contribution in [0.15, 0.2) is 54.6 Å². The van der Waals surface area contributed by atoms with E-state index in [-0.39, 0.29) is 5.91 Å². The van der Waals surface area contributed by atoms with Crippen molar-refractivity contribution in [3.63, 3.8) is 0 Å². The number of nitrogens with one attached hydrogen (secondary N) is 1. The summed E-state index contributed by atoms with van der Waals surface area (Å²) in [4.78, 5) is 12.1. The van der Waals surface area contributed by atoms with Gasteiger partial charge >= 0.3 is 0 Å². The molecule has 19 heavy (non-hydrogen) atoms. The van der Waals surface area contributed by atoms with Crippen LogP contribution in [0.2, 0.25) is 0 Å². The van der Waals surface area contributed by atoms with Gasteiger partial charge in [0.1, 0.15) is 0 Å². The second kappa shape index (κ2) is 5.57. The van der Waals surface area contributed by atoms with Crippen LogP contribution in [-0.2, 0) is 4.79 Å². The van der Waals surface area contributed by atoms with Crippen molar-refractivity contribution in [3.8, 4) is 11.1 Å². The minimum Gasteiger partial charge on any atom is -0.324 e. The van der Waals surface area contributed by atoms with Gasteiger partial charge in [0.15, 0.2) is 0 Å². The zero-order valence-corrected chi connectivity index (χ0v) is 12.6. The number of anilines is 1. The first kappa shape index (κ1) is 13.8. The van der Waals surface area contributed by atoms with Gasteiger partial charge in [-0.3, -0.25) is 4.79 Å². The lowest BCUT2D eigenvalue weighted by atomic mass is 10.0. The fourth-order valence-electron chi connectivity index (χ4n) is 1.73. The Hall–Kier alpha value is -1.61. The summed E-state index contributed by atoms with van der Waals surface area (Å²) < 4.78 is -0.587. The summed E-state index contributed by atoms with van der Waals surface area (Å²) in [7, 11) is 0. The Labute approximate surface area is 122 Å². The van der Waals surface area contributed by atoms with Gasteiger partial charge in [-0.05, 0) is 25.5 Å². The normalized spacial score (nSPS) is 11.1. The molecule has 0 aliphatic carbocycles. The molecule has 0 atom stereocenters. The quantitative estimate of drug-likeness (QED) is 0.832. The standard InChI is InChI=1S/C16H16BrNO/c1-16(2,17)15(19)18-14-11-7-6-10-13(14)12-8-4-3-5-9-12/h3-11H,1-2H3,(H,18,19). The van der Waals surface area contributed by atoms with Gasteiger partial charge in [-0.2, -0.15) is 0 Å². The topological polar surface area (TPSA) is 29.1 Å². The van der Waals surface area contributed by atoms with Crippen LogP contribution in [0.1, 0.15) is 13.8 Å². The summed E-state index contributed by atoms with van der Waals surface area (Å²) in [5.41, 5.74) is 2.94. The van der Waals surface area contributed by atoms with E-state index >= 15 is 0 Å². The molecule has 2 aromatic rings. The van der Waals surface area contributed by atoms with Crippen molar-refractivity contribution in [2.75, 3.05) is 5.32 Å². The SMILES string of the molecule is CC(C)(Br)C(=O)Nc1ccccc1-c1ccccc1.